The number of carbonyl (C=O) groups is 3. The summed E-state index contributed by atoms with van der Waals surface area (Å²) in [6, 6.07) is 75.4. The highest BCUT2D eigenvalue weighted by atomic mass is 16.5. The van der Waals surface area contributed by atoms with E-state index in [1.807, 2.05) is 195 Å². The molecule has 0 bridgehead atoms. The summed E-state index contributed by atoms with van der Waals surface area (Å²) in [5, 5.41) is 10.6. The molecule has 0 saturated heterocycles. The number of ether oxygens (including phenoxy) is 6. The van der Waals surface area contributed by atoms with Gasteiger partial charge in [0, 0.05) is 65.0 Å². The average Bonchev–Trinajstić information content (AvgIpc) is 1.62. The second kappa shape index (κ2) is 37.8. The molecule has 3 N–H and O–H groups in total. The fourth-order valence-corrected chi connectivity index (χ4v) is 13.6. The molecule has 13 heteroatoms. The van der Waals surface area contributed by atoms with Gasteiger partial charge in [0.05, 0.1) is 36.7 Å². The van der Waals surface area contributed by atoms with Crippen molar-refractivity contribution < 1.29 is 42.8 Å². The van der Waals surface area contributed by atoms with Gasteiger partial charge in [0.25, 0.3) is 0 Å². The highest BCUT2D eigenvalue weighted by Gasteiger charge is 2.33. The highest BCUT2D eigenvalue weighted by Crippen LogP contribution is 2.45. The van der Waals surface area contributed by atoms with Gasteiger partial charge in [-0.1, -0.05) is 200 Å². The molecule has 10 aromatic rings. The molecule has 0 aromatic heterocycles. The first kappa shape index (κ1) is 77.9. The van der Waals surface area contributed by atoms with Gasteiger partial charge >= 0.3 is 5.97 Å². The highest BCUT2D eigenvalue weighted by molar-refractivity contribution is 5.89. The number of hydrogen-bond acceptors (Lipinski definition) is 11. The fraction of sp³-hybridized carbons (Fsp3) is 0.367. The number of nitrogens with one attached hydrogen (secondary N) is 1. The summed E-state index contributed by atoms with van der Waals surface area (Å²) in [5.41, 5.74) is 16.0. The second-order valence-electron chi connectivity index (χ2n) is 28.8. The van der Waals surface area contributed by atoms with Crippen molar-refractivity contribution in [3.8, 4) is 22.6 Å². The zero-order valence-electron chi connectivity index (χ0n) is 62.7. The van der Waals surface area contributed by atoms with Crippen LogP contribution in [-0.2, 0) is 65.8 Å². The summed E-state index contributed by atoms with van der Waals surface area (Å²) >= 11 is 0. The molecule has 103 heavy (non-hydrogen) atoms. The largest absolute Gasteiger partial charge is 0.488 e. The molecule has 542 valence electrons. The van der Waals surface area contributed by atoms with Gasteiger partial charge in [-0.25, -0.2) is 0 Å². The lowest BCUT2D eigenvalue weighted by Gasteiger charge is -2.30. The van der Waals surface area contributed by atoms with E-state index in [-0.39, 0.29) is 66.2 Å². The van der Waals surface area contributed by atoms with Crippen LogP contribution in [0.4, 0.5) is 0 Å². The topological polar surface area (TPSA) is 151 Å². The van der Waals surface area contributed by atoms with E-state index >= 15 is 0 Å². The van der Waals surface area contributed by atoms with Crippen molar-refractivity contribution in [1.82, 2.24) is 15.1 Å². The molecule has 1 aliphatic rings. The Morgan fingerprint density at radius 3 is 1.30 bits per heavy atom. The molecule has 5 atom stereocenters. The van der Waals surface area contributed by atoms with E-state index in [4.69, 9.17) is 34.2 Å². The maximum absolute atomic E-state index is 14.7. The summed E-state index contributed by atoms with van der Waals surface area (Å²) in [4.78, 5) is 45.7. The van der Waals surface area contributed by atoms with E-state index < -0.39 is 12.0 Å². The van der Waals surface area contributed by atoms with Gasteiger partial charge < -0.3 is 49.3 Å². The summed E-state index contributed by atoms with van der Waals surface area (Å²) in [6.45, 7) is 29.8. The summed E-state index contributed by atoms with van der Waals surface area (Å²) < 4.78 is 35.2. The molecule has 0 saturated carbocycles. The number of rotatable bonds is 30. The van der Waals surface area contributed by atoms with Crippen molar-refractivity contribution in [2.24, 2.45) is 11.7 Å². The summed E-state index contributed by atoms with van der Waals surface area (Å²) in [5.74, 6) is 0.311. The molecule has 11 rings (SSSR count). The van der Waals surface area contributed by atoms with Crippen LogP contribution in [0.3, 0.4) is 0 Å². The number of hydrogen-bond donors (Lipinski definition) is 2. The van der Waals surface area contributed by atoms with Gasteiger partial charge in [0.2, 0.25) is 11.8 Å². The first-order valence-electron chi connectivity index (χ1n) is 36.7. The molecular weight excluding hydrogens is 1280 g/mol. The van der Waals surface area contributed by atoms with Crippen LogP contribution in [0.1, 0.15) is 134 Å². The number of nitrogens with two attached hydrogens (primary N) is 1. The third-order valence-corrected chi connectivity index (χ3v) is 18.1. The standard InChI is InChI=1S/C45H49NO5.C29H38N2O3.C16H21NO/c1-6-49-31(2)28-46(29-34-16-13-15-33-14-7-8-17-37(33)34)44(48)35(26-32-22-24-36(25-23-32)51-45(3,4)5)27-43(47)50-30-42-40-20-11-9-18-38(40)39-19-10-12-21-41(39)42;1-6-33-21(2)19-31(20-24-12-9-11-23-10-7-8-13-26(23)24)28(32)27(30)18-22-14-16-25(17-15-22)34-29(3,4)5;1-3-18-13(2)11-17-12-15-9-6-8-14-7-4-5-10-16(14)15/h7-25,31,35,42H,6,26-30H2,1-5H3;7-17,21,27H,6,18-20,30H2,1-5H3;4-10,13,17H,3,11-12H2,1-2H3/t31?,35-;21?,27-;/m01./s1. The van der Waals surface area contributed by atoms with E-state index in [0.29, 0.717) is 52.2 Å². The predicted molar refractivity (Wildman–Crippen MR) is 419 cm³/mol. The van der Waals surface area contributed by atoms with Crippen molar-refractivity contribution in [3.63, 3.8) is 0 Å². The van der Waals surface area contributed by atoms with E-state index in [1.54, 1.807) is 0 Å². The molecule has 0 spiro atoms. The zero-order chi connectivity index (χ0) is 73.5. The number of benzene rings is 10. The maximum atomic E-state index is 14.7. The van der Waals surface area contributed by atoms with Gasteiger partial charge in [-0.2, -0.15) is 0 Å². The van der Waals surface area contributed by atoms with Gasteiger partial charge in [-0.05, 0) is 203 Å². The van der Waals surface area contributed by atoms with Gasteiger partial charge in [-0.3, -0.25) is 14.4 Å². The van der Waals surface area contributed by atoms with Crippen LogP contribution in [0.2, 0.25) is 0 Å². The molecule has 0 heterocycles. The number of amides is 2. The molecule has 0 radical (unpaired) electrons. The van der Waals surface area contributed by atoms with E-state index in [9.17, 15) is 14.4 Å². The lowest BCUT2D eigenvalue weighted by molar-refractivity contribution is -0.150. The van der Waals surface area contributed by atoms with Crippen LogP contribution in [0, 0.1) is 5.92 Å². The third-order valence-electron chi connectivity index (χ3n) is 18.1. The number of fused-ring (bicyclic) bond motifs is 6. The van der Waals surface area contributed by atoms with Crippen LogP contribution in [0.25, 0.3) is 43.4 Å². The molecular formula is C90H108N4O9. The molecule has 10 aromatic carbocycles. The van der Waals surface area contributed by atoms with Gasteiger partial charge in [0.1, 0.15) is 29.3 Å². The average molecular weight is 1390 g/mol. The van der Waals surface area contributed by atoms with Crippen LogP contribution >= 0.6 is 0 Å². The quantitative estimate of drug-likeness (QED) is 0.0414. The molecule has 13 nitrogen and oxygen atoms in total. The van der Waals surface area contributed by atoms with Crippen LogP contribution < -0.4 is 20.5 Å². The Morgan fingerprint density at radius 2 is 0.845 bits per heavy atom. The van der Waals surface area contributed by atoms with Crippen LogP contribution in [-0.4, -0.2) is 109 Å². The maximum Gasteiger partial charge on any atom is 0.306 e. The number of esters is 1. The van der Waals surface area contributed by atoms with Crippen LogP contribution in [0.15, 0.2) is 224 Å². The lowest BCUT2D eigenvalue weighted by Crippen LogP contribution is -2.47. The van der Waals surface area contributed by atoms with Crippen molar-refractivity contribution in [3.05, 3.63) is 263 Å². The lowest BCUT2D eigenvalue weighted by atomic mass is 9.93. The van der Waals surface area contributed by atoms with Crippen molar-refractivity contribution >= 4 is 50.1 Å². The minimum atomic E-state index is -0.641. The molecule has 1 aliphatic carbocycles. The number of carbonyl (C=O) groups excluding carboxylic acids is 3. The molecule has 2 amide bonds. The molecule has 3 unspecified atom stereocenters. The van der Waals surface area contributed by atoms with E-state index in [1.165, 1.54) is 27.5 Å². The summed E-state index contributed by atoms with van der Waals surface area (Å²) in [6.07, 6.45) is 0.814. The molecule has 0 aliphatic heterocycles. The first-order valence-corrected chi connectivity index (χ1v) is 36.7. The Kier molecular flexibility index (Phi) is 28.6. The minimum absolute atomic E-state index is 0.0376. The predicted octanol–water partition coefficient (Wildman–Crippen LogP) is 18.1. The smallest absolute Gasteiger partial charge is 0.306 e. The van der Waals surface area contributed by atoms with E-state index in [0.717, 1.165) is 86.1 Å². The zero-order valence-corrected chi connectivity index (χ0v) is 62.7. The Balaban J connectivity index is 0.000000202. The second-order valence-corrected chi connectivity index (χ2v) is 28.8. The van der Waals surface area contributed by atoms with E-state index in [2.05, 4.69) is 128 Å². The SMILES string of the molecule is CCOC(C)CN(Cc1cccc2ccccc12)C(=O)[C@H](CC(=O)OCC1c2ccccc2-c2ccccc21)Cc1ccc(OC(C)(C)C)cc1.CCOC(C)CN(Cc1cccc2ccccc12)C(=O)[C@H](N)Cc1ccc(OC(C)(C)C)cc1.CCOC(C)CNCc1cccc2ccccc12. The van der Waals surface area contributed by atoms with Crippen molar-refractivity contribution in [1.29, 1.82) is 0 Å². The minimum Gasteiger partial charge on any atom is -0.488 e. The fourth-order valence-electron chi connectivity index (χ4n) is 13.6. The summed E-state index contributed by atoms with van der Waals surface area (Å²) in [7, 11) is 0. The number of nitrogens with zero attached hydrogens (tertiary/aromatic N) is 2. The normalized spacial score (nSPS) is 13.4. The van der Waals surface area contributed by atoms with Gasteiger partial charge in [-0.15, -0.1) is 0 Å². The van der Waals surface area contributed by atoms with Crippen molar-refractivity contribution in [2.45, 2.75) is 163 Å². The third kappa shape index (κ3) is 23.1. The van der Waals surface area contributed by atoms with Crippen LogP contribution in [0.5, 0.6) is 11.5 Å². The van der Waals surface area contributed by atoms with Crippen molar-refractivity contribution in [2.75, 3.05) is 46.1 Å². The Labute approximate surface area is 612 Å². The monoisotopic (exact) mass is 1390 g/mol. The molecule has 0 fully saturated rings. The Morgan fingerprint density at radius 1 is 0.456 bits per heavy atom. The first-order chi connectivity index (χ1) is 49.6. The van der Waals surface area contributed by atoms with Gasteiger partial charge in [0.15, 0.2) is 0 Å². The Bertz CT molecular complexity index is 4270. The Hall–Kier alpha value is -9.21.